The highest BCUT2D eigenvalue weighted by Crippen LogP contribution is 2.26. The monoisotopic (exact) mass is 260 g/mol. The van der Waals surface area contributed by atoms with E-state index in [0.29, 0.717) is 6.61 Å². The fourth-order valence-corrected chi connectivity index (χ4v) is 2.10. The van der Waals surface area contributed by atoms with Gasteiger partial charge in [0.25, 0.3) is 0 Å². The number of aromatic nitrogens is 1. The van der Waals surface area contributed by atoms with Crippen LogP contribution in [0.15, 0.2) is 34.9 Å². The third-order valence-electron chi connectivity index (χ3n) is 3.09. The van der Waals surface area contributed by atoms with Crippen LogP contribution in [0.2, 0.25) is 0 Å². The number of methoxy groups -OCH3 is 1. The summed E-state index contributed by atoms with van der Waals surface area (Å²) in [5, 5.41) is 4.12. The maximum atomic E-state index is 6.04. The number of nitrogens with two attached hydrogens (primary N) is 1. The molecular formula is C15H20N2O2. The Morgan fingerprint density at radius 2 is 2.16 bits per heavy atom. The molecule has 19 heavy (non-hydrogen) atoms. The Hall–Kier alpha value is -1.65. The van der Waals surface area contributed by atoms with E-state index in [0.717, 1.165) is 35.4 Å². The van der Waals surface area contributed by atoms with Crippen LogP contribution in [-0.2, 0) is 11.3 Å². The molecule has 4 heteroatoms. The van der Waals surface area contributed by atoms with Gasteiger partial charge in [0.1, 0.15) is 5.69 Å². The summed E-state index contributed by atoms with van der Waals surface area (Å²) in [7, 11) is 1.68. The lowest BCUT2D eigenvalue weighted by atomic mass is 10.0. The highest BCUT2D eigenvalue weighted by molar-refractivity contribution is 5.63. The SMILES string of the molecule is CCCC(N)c1cc(-c2ccccc2COC)no1. The molecule has 4 nitrogen and oxygen atoms in total. The van der Waals surface area contributed by atoms with Gasteiger partial charge in [-0.05, 0) is 12.0 Å². The Bertz CT molecular complexity index is 522. The highest BCUT2D eigenvalue weighted by atomic mass is 16.5. The zero-order valence-electron chi connectivity index (χ0n) is 11.4. The van der Waals surface area contributed by atoms with Crippen LogP contribution in [-0.4, -0.2) is 12.3 Å². The molecule has 1 unspecified atom stereocenters. The Labute approximate surface area is 113 Å². The number of hydrogen-bond donors (Lipinski definition) is 1. The minimum absolute atomic E-state index is 0.0826. The van der Waals surface area contributed by atoms with E-state index in [-0.39, 0.29) is 6.04 Å². The molecule has 0 spiro atoms. The van der Waals surface area contributed by atoms with E-state index in [1.54, 1.807) is 7.11 Å². The van der Waals surface area contributed by atoms with Gasteiger partial charge in [-0.1, -0.05) is 42.8 Å². The van der Waals surface area contributed by atoms with Crippen LogP contribution in [0.1, 0.15) is 37.1 Å². The minimum Gasteiger partial charge on any atom is -0.380 e. The summed E-state index contributed by atoms with van der Waals surface area (Å²) in [5.74, 6) is 0.740. The van der Waals surface area contributed by atoms with Crippen LogP contribution < -0.4 is 5.73 Å². The van der Waals surface area contributed by atoms with Gasteiger partial charge >= 0.3 is 0 Å². The summed E-state index contributed by atoms with van der Waals surface area (Å²) in [6.45, 7) is 2.66. The standard InChI is InChI=1S/C15H20N2O2/c1-3-6-13(16)15-9-14(17-19-15)12-8-5-4-7-11(12)10-18-2/h4-5,7-9,13H,3,6,10,16H2,1-2H3. The summed E-state index contributed by atoms with van der Waals surface area (Å²) in [6.07, 6.45) is 1.92. The van der Waals surface area contributed by atoms with Crippen molar-refractivity contribution >= 4 is 0 Å². The van der Waals surface area contributed by atoms with Crippen LogP contribution in [0.3, 0.4) is 0 Å². The summed E-state index contributed by atoms with van der Waals surface area (Å²) in [6, 6.07) is 9.85. The largest absolute Gasteiger partial charge is 0.380 e. The maximum absolute atomic E-state index is 6.04. The van der Waals surface area contributed by atoms with Crippen molar-refractivity contribution in [3.8, 4) is 11.3 Å². The molecule has 0 fully saturated rings. The van der Waals surface area contributed by atoms with Gasteiger partial charge < -0.3 is 15.0 Å². The summed E-state index contributed by atoms with van der Waals surface area (Å²) < 4.78 is 10.6. The molecule has 2 rings (SSSR count). The van der Waals surface area contributed by atoms with E-state index in [4.69, 9.17) is 15.0 Å². The third kappa shape index (κ3) is 3.22. The van der Waals surface area contributed by atoms with Crippen LogP contribution in [0.5, 0.6) is 0 Å². The molecular weight excluding hydrogens is 240 g/mol. The molecule has 1 atom stereocenters. The topological polar surface area (TPSA) is 61.3 Å². The molecule has 0 aliphatic rings. The van der Waals surface area contributed by atoms with Gasteiger partial charge in [-0.25, -0.2) is 0 Å². The molecule has 0 saturated carbocycles. The van der Waals surface area contributed by atoms with Crippen molar-refractivity contribution in [2.75, 3.05) is 7.11 Å². The third-order valence-corrected chi connectivity index (χ3v) is 3.09. The first-order valence-corrected chi connectivity index (χ1v) is 6.55. The summed E-state index contributed by atoms with van der Waals surface area (Å²) in [4.78, 5) is 0. The second-order valence-corrected chi connectivity index (χ2v) is 4.60. The van der Waals surface area contributed by atoms with Crippen molar-refractivity contribution in [1.29, 1.82) is 0 Å². The Balaban J connectivity index is 2.27. The quantitative estimate of drug-likeness (QED) is 0.865. The molecule has 0 saturated heterocycles. The predicted octanol–water partition coefficient (Wildman–Crippen LogP) is 3.29. The van der Waals surface area contributed by atoms with E-state index >= 15 is 0 Å². The molecule has 0 amide bonds. The normalized spacial score (nSPS) is 12.6. The molecule has 0 radical (unpaired) electrons. The van der Waals surface area contributed by atoms with Crippen LogP contribution in [0.4, 0.5) is 0 Å². The van der Waals surface area contributed by atoms with Crippen molar-refractivity contribution in [3.05, 3.63) is 41.7 Å². The first-order chi connectivity index (χ1) is 9.26. The highest BCUT2D eigenvalue weighted by Gasteiger charge is 2.14. The second-order valence-electron chi connectivity index (χ2n) is 4.60. The van der Waals surface area contributed by atoms with Gasteiger partial charge in [0, 0.05) is 18.7 Å². The molecule has 102 valence electrons. The Morgan fingerprint density at radius 3 is 2.89 bits per heavy atom. The lowest BCUT2D eigenvalue weighted by Crippen LogP contribution is -2.08. The fraction of sp³-hybridized carbons (Fsp3) is 0.400. The van der Waals surface area contributed by atoms with Crippen molar-refractivity contribution in [2.45, 2.75) is 32.4 Å². The van der Waals surface area contributed by atoms with Gasteiger partial charge in [-0.15, -0.1) is 0 Å². The molecule has 1 aromatic heterocycles. The Kier molecular flexibility index (Phi) is 4.71. The smallest absolute Gasteiger partial charge is 0.154 e. The average Bonchev–Trinajstić information content (AvgIpc) is 2.90. The zero-order valence-corrected chi connectivity index (χ0v) is 11.4. The van der Waals surface area contributed by atoms with Gasteiger partial charge in [-0.3, -0.25) is 0 Å². The van der Waals surface area contributed by atoms with Crippen molar-refractivity contribution in [1.82, 2.24) is 5.16 Å². The maximum Gasteiger partial charge on any atom is 0.154 e. The zero-order chi connectivity index (χ0) is 13.7. The van der Waals surface area contributed by atoms with Gasteiger partial charge in [0.15, 0.2) is 5.76 Å². The molecule has 1 heterocycles. The van der Waals surface area contributed by atoms with Crippen molar-refractivity contribution in [2.24, 2.45) is 5.73 Å². The predicted molar refractivity (Wildman–Crippen MR) is 74.5 cm³/mol. The van der Waals surface area contributed by atoms with Crippen LogP contribution >= 0.6 is 0 Å². The first-order valence-electron chi connectivity index (χ1n) is 6.55. The first kappa shape index (κ1) is 13.8. The van der Waals surface area contributed by atoms with Gasteiger partial charge in [-0.2, -0.15) is 0 Å². The van der Waals surface area contributed by atoms with E-state index < -0.39 is 0 Å². The van der Waals surface area contributed by atoms with Crippen LogP contribution in [0.25, 0.3) is 11.3 Å². The summed E-state index contributed by atoms with van der Waals surface area (Å²) >= 11 is 0. The van der Waals surface area contributed by atoms with Crippen molar-refractivity contribution in [3.63, 3.8) is 0 Å². The van der Waals surface area contributed by atoms with E-state index in [1.165, 1.54) is 0 Å². The molecule has 1 aromatic carbocycles. The minimum atomic E-state index is -0.0826. The lowest BCUT2D eigenvalue weighted by molar-refractivity contribution is 0.185. The Morgan fingerprint density at radius 1 is 1.37 bits per heavy atom. The molecule has 0 bridgehead atoms. The van der Waals surface area contributed by atoms with Crippen molar-refractivity contribution < 1.29 is 9.26 Å². The van der Waals surface area contributed by atoms with E-state index in [9.17, 15) is 0 Å². The number of nitrogens with zero attached hydrogens (tertiary/aromatic N) is 1. The second kappa shape index (κ2) is 6.50. The lowest BCUT2D eigenvalue weighted by Gasteiger charge is -2.05. The molecule has 0 aliphatic carbocycles. The fourth-order valence-electron chi connectivity index (χ4n) is 2.10. The number of rotatable bonds is 6. The van der Waals surface area contributed by atoms with Crippen LogP contribution in [0, 0.1) is 0 Å². The molecule has 0 aliphatic heterocycles. The average molecular weight is 260 g/mol. The number of benzene rings is 1. The van der Waals surface area contributed by atoms with E-state index in [2.05, 4.69) is 12.1 Å². The number of ether oxygens (including phenoxy) is 1. The van der Waals surface area contributed by atoms with E-state index in [1.807, 2.05) is 30.3 Å². The van der Waals surface area contributed by atoms with Gasteiger partial charge in [0.2, 0.25) is 0 Å². The summed E-state index contributed by atoms with van der Waals surface area (Å²) in [5.41, 5.74) is 8.97. The molecule has 2 aromatic rings. The molecule has 2 N–H and O–H groups in total. The number of hydrogen-bond acceptors (Lipinski definition) is 4. The van der Waals surface area contributed by atoms with Gasteiger partial charge in [0.05, 0.1) is 12.6 Å².